The number of carbonyl (C=O) groups is 1. The van der Waals surface area contributed by atoms with Crippen LogP contribution in [0, 0.1) is 0 Å². The molecule has 0 atom stereocenters. The zero-order valence-corrected chi connectivity index (χ0v) is 11.9. The topological polar surface area (TPSA) is 57.7 Å². The Bertz CT molecular complexity index is 485. The molecule has 0 radical (unpaired) electrons. The van der Waals surface area contributed by atoms with Gasteiger partial charge in [0.05, 0.1) is 18.3 Å². The van der Waals surface area contributed by atoms with Crippen molar-refractivity contribution in [2.75, 3.05) is 7.11 Å². The molecule has 1 aliphatic heterocycles. The Hall–Kier alpha value is -1.40. The summed E-state index contributed by atoms with van der Waals surface area (Å²) in [6.45, 7) is 7.84. The molecule has 6 heteroatoms. The van der Waals surface area contributed by atoms with Gasteiger partial charge in [0, 0.05) is 11.7 Å². The molecule has 1 fully saturated rings. The average Bonchev–Trinajstić information content (AvgIpc) is 2.57. The molecular formula is C13H18BNO4. The normalized spacial score (nSPS) is 20.4. The predicted octanol–water partition coefficient (Wildman–Crippen LogP) is 1.17. The van der Waals surface area contributed by atoms with Crippen molar-refractivity contribution < 1.29 is 18.8 Å². The van der Waals surface area contributed by atoms with Crippen molar-refractivity contribution in [3.05, 3.63) is 24.0 Å². The molecule has 2 rings (SSSR count). The third-order valence-electron chi connectivity index (χ3n) is 3.72. The second-order valence-electron chi connectivity index (χ2n) is 5.52. The quantitative estimate of drug-likeness (QED) is 0.592. The highest BCUT2D eigenvalue weighted by molar-refractivity contribution is 6.63. The molecule has 0 saturated carbocycles. The summed E-state index contributed by atoms with van der Waals surface area (Å²) in [5.74, 6) is -0.495. The largest absolute Gasteiger partial charge is 0.497 e. The van der Waals surface area contributed by atoms with Gasteiger partial charge < -0.3 is 14.0 Å². The zero-order valence-electron chi connectivity index (χ0n) is 11.9. The minimum absolute atomic E-state index is 0.225. The molecule has 1 saturated heterocycles. The van der Waals surface area contributed by atoms with Gasteiger partial charge in [-0.2, -0.15) is 0 Å². The summed E-state index contributed by atoms with van der Waals surface area (Å²) in [5.41, 5.74) is -0.0987. The van der Waals surface area contributed by atoms with E-state index in [0.717, 1.165) is 0 Å². The maximum atomic E-state index is 11.7. The summed E-state index contributed by atoms with van der Waals surface area (Å²) in [6.07, 6.45) is 1.54. The van der Waals surface area contributed by atoms with Gasteiger partial charge in [0.25, 0.3) is 0 Å². The van der Waals surface area contributed by atoms with Crippen LogP contribution in [0.1, 0.15) is 38.2 Å². The molecule has 0 bridgehead atoms. The fourth-order valence-electron chi connectivity index (χ4n) is 1.85. The number of nitrogens with zero attached hydrogens (tertiary/aromatic N) is 1. The van der Waals surface area contributed by atoms with Crippen LogP contribution >= 0.6 is 0 Å². The first-order valence-corrected chi connectivity index (χ1v) is 6.17. The number of aromatic nitrogens is 1. The summed E-state index contributed by atoms with van der Waals surface area (Å²) in [4.78, 5) is 15.8. The molecule has 0 unspecified atom stereocenters. The van der Waals surface area contributed by atoms with Crippen molar-refractivity contribution in [2.45, 2.75) is 38.9 Å². The van der Waals surface area contributed by atoms with E-state index < -0.39 is 24.3 Å². The van der Waals surface area contributed by atoms with Gasteiger partial charge in [-0.15, -0.1) is 0 Å². The van der Waals surface area contributed by atoms with Crippen LogP contribution in [0.25, 0.3) is 0 Å². The van der Waals surface area contributed by atoms with E-state index in [-0.39, 0.29) is 5.69 Å². The number of methoxy groups -OCH3 is 1. The minimum Gasteiger partial charge on any atom is -0.464 e. The first-order chi connectivity index (χ1) is 8.78. The molecule has 2 heterocycles. The van der Waals surface area contributed by atoms with E-state index >= 15 is 0 Å². The number of esters is 1. The van der Waals surface area contributed by atoms with Crippen LogP contribution in [-0.4, -0.2) is 36.4 Å². The standard InChI is InChI=1S/C13H18BNO4/c1-12(2)13(3,4)19-14(18-12)9-7-6-8-15-10(9)11(16)17-5/h6-8H,1-5H3. The molecular weight excluding hydrogens is 245 g/mol. The first-order valence-electron chi connectivity index (χ1n) is 6.17. The van der Waals surface area contributed by atoms with Gasteiger partial charge in [-0.3, -0.25) is 0 Å². The van der Waals surface area contributed by atoms with E-state index in [9.17, 15) is 4.79 Å². The molecule has 1 aromatic heterocycles. The Morgan fingerprint density at radius 1 is 1.26 bits per heavy atom. The van der Waals surface area contributed by atoms with Gasteiger partial charge in [0.1, 0.15) is 5.69 Å². The highest BCUT2D eigenvalue weighted by Crippen LogP contribution is 2.36. The number of hydrogen-bond donors (Lipinski definition) is 0. The molecule has 5 nitrogen and oxygen atoms in total. The smallest absolute Gasteiger partial charge is 0.464 e. The van der Waals surface area contributed by atoms with Gasteiger partial charge >= 0.3 is 13.1 Å². The Labute approximate surface area is 113 Å². The summed E-state index contributed by atoms with van der Waals surface area (Å²) in [5, 5.41) is 0. The highest BCUT2D eigenvalue weighted by Gasteiger charge is 2.52. The molecule has 1 aromatic rings. The molecule has 0 aromatic carbocycles. The molecule has 1 aliphatic rings. The second-order valence-corrected chi connectivity index (χ2v) is 5.52. The van der Waals surface area contributed by atoms with Crippen LogP contribution in [0.2, 0.25) is 0 Å². The van der Waals surface area contributed by atoms with Crippen LogP contribution in [0.5, 0.6) is 0 Å². The van der Waals surface area contributed by atoms with E-state index in [4.69, 9.17) is 14.0 Å². The van der Waals surface area contributed by atoms with Crippen molar-refractivity contribution >= 4 is 18.6 Å². The third kappa shape index (κ3) is 2.38. The van der Waals surface area contributed by atoms with Crippen LogP contribution in [0.15, 0.2) is 18.3 Å². The number of carbonyl (C=O) groups excluding carboxylic acids is 1. The van der Waals surface area contributed by atoms with E-state index in [1.54, 1.807) is 18.3 Å². The predicted molar refractivity (Wildman–Crippen MR) is 71.3 cm³/mol. The lowest BCUT2D eigenvalue weighted by Crippen LogP contribution is -2.41. The molecule has 19 heavy (non-hydrogen) atoms. The fourth-order valence-corrected chi connectivity index (χ4v) is 1.85. The van der Waals surface area contributed by atoms with Gasteiger partial charge in [0.2, 0.25) is 0 Å². The number of rotatable bonds is 2. The molecule has 102 valence electrons. The van der Waals surface area contributed by atoms with Gasteiger partial charge in [-0.1, -0.05) is 6.07 Å². The Morgan fingerprint density at radius 3 is 2.37 bits per heavy atom. The van der Waals surface area contributed by atoms with Crippen LogP contribution in [0.3, 0.4) is 0 Å². The lowest BCUT2D eigenvalue weighted by Gasteiger charge is -2.32. The van der Waals surface area contributed by atoms with E-state index in [2.05, 4.69) is 4.98 Å². The van der Waals surface area contributed by atoms with E-state index in [0.29, 0.717) is 5.46 Å². The maximum Gasteiger partial charge on any atom is 0.497 e. The SMILES string of the molecule is COC(=O)c1ncccc1B1OC(C)(C)C(C)(C)O1. The number of pyridine rings is 1. The Kier molecular flexibility index (Phi) is 3.41. The summed E-state index contributed by atoms with van der Waals surface area (Å²) < 4.78 is 16.6. The van der Waals surface area contributed by atoms with Gasteiger partial charge in [-0.05, 0) is 33.8 Å². The molecule has 0 spiro atoms. The summed E-state index contributed by atoms with van der Waals surface area (Å²) in [7, 11) is 0.707. The van der Waals surface area contributed by atoms with Gasteiger partial charge in [0.15, 0.2) is 0 Å². The molecule has 0 N–H and O–H groups in total. The van der Waals surface area contributed by atoms with Crippen molar-refractivity contribution in [1.29, 1.82) is 0 Å². The van der Waals surface area contributed by atoms with Crippen molar-refractivity contribution in [1.82, 2.24) is 4.98 Å². The third-order valence-corrected chi connectivity index (χ3v) is 3.72. The van der Waals surface area contributed by atoms with Crippen molar-refractivity contribution in [3.63, 3.8) is 0 Å². The maximum absolute atomic E-state index is 11.7. The monoisotopic (exact) mass is 263 g/mol. The van der Waals surface area contributed by atoms with Crippen LogP contribution in [-0.2, 0) is 14.0 Å². The lowest BCUT2D eigenvalue weighted by atomic mass is 9.78. The fraction of sp³-hybridized carbons (Fsp3) is 0.538. The van der Waals surface area contributed by atoms with E-state index in [1.165, 1.54) is 7.11 Å². The zero-order chi connectivity index (χ0) is 14.3. The van der Waals surface area contributed by atoms with Crippen LogP contribution < -0.4 is 5.46 Å². The summed E-state index contributed by atoms with van der Waals surface area (Å²) >= 11 is 0. The van der Waals surface area contributed by atoms with Gasteiger partial charge in [-0.25, -0.2) is 9.78 Å². The second kappa shape index (κ2) is 4.61. The minimum atomic E-state index is -0.618. The summed E-state index contributed by atoms with van der Waals surface area (Å²) in [6, 6.07) is 3.51. The number of hydrogen-bond acceptors (Lipinski definition) is 5. The lowest BCUT2D eigenvalue weighted by molar-refractivity contribution is 0.00578. The Balaban J connectivity index is 2.37. The van der Waals surface area contributed by atoms with Crippen molar-refractivity contribution in [3.8, 4) is 0 Å². The number of ether oxygens (including phenoxy) is 1. The van der Waals surface area contributed by atoms with Crippen molar-refractivity contribution in [2.24, 2.45) is 0 Å². The first kappa shape index (κ1) is 14.0. The van der Waals surface area contributed by atoms with E-state index in [1.807, 2.05) is 27.7 Å². The molecule has 0 aliphatic carbocycles. The van der Waals surface area contributed by atoms with Crippen LogP contribution in [0.4, 0.5) is 0 Å². The average molecular weight is 263 g/mol. The Morgan fingerprint density at radius 2 is 1.84 bits per heavy atom. The molecule has 0 amide bonds. The highest BCUT2D eigenvalue weighted by atomic mass is 16.7.